The van der Waals surface area contributed by atoms with Crippen LogP contribution in [0, 0.1) is 6.92 Å². The number of benzene rings is 1. The monoisotopic (exact) mass is 296 g/mol. The molecule has 2 atom stereocenters. The number of hydrogen-bond donors (Lipinski definition) is 0. The average molecular weight is 297 g/mol. The second kappa shape index (κ2) is 4.74. The molecule has 0 amide bonds. The summed E-state index contributed by atoms with van der Waals surface area (Å²) in [6, 6.07) is 7.58. The molecular formula is C16H13ClN4. The molecule has 0 spiro atoms. The maximum Gasteiger partial charge on any atom is 0.132 e. The van der Waals surface area contributed by atoms with Gasteiger partial charge < -0.3 is 0 Å². The highest BCUT2D eigenvalue weighted by Gasteiger charge is 2.43. The van der Waals surface area contributed by atoms with Crippen LogP contribution in [0.25, 0.3) is 10.9 Å². The molecule has 1 aliphatic rings. The molecule has 2 aromatic heterocycles. The lowest BCUT2D eigenvalue weighted by molar-refractivity contribution is 0.844. The number of aryl methyl sites for hydroxylation is 1. The van der Waals surface area contributed by atoms with Gasteiger partial charge in [0.2, 0.25) is 0 Å². The Kier molecular flexibility index (Phi) is 2.86. The highest BCUT2D eigenvalue weighted by atomic mass is 35.5. The molecule has 104 valence electrons. The molecule has 4 rings (SSSR count). The minimum Gasteiger partial charge on any atom is -0.241 e. The Labute approximate surface area is 127 Å². The van der Waals surface area contributed by atoms with Crippen molar-refractivity contribution in [3.63, 3.8) is 0 Å². The fourth-order valence-electron chi connectivity index (χ4n) is 2.60. The van der Waals surface area contributed by atoms with Crippen LogP contribution in [0.2, 0.25) is 5.02 Å². The maximum absolute atomic E-state index is 6.03. The summed E-state index contributed by atoms with van der Waals surface area (Å²) in [5, 5.41) is 1.70. The van der Waals surface area contributed by atoms with Gasteiger partial charge in [0, 0.05) is 40.3 Å². The van der Waals surface area contributed by atoms with Crippen LogP contribution in [0.5, 0.6) is 0 Å². The molecule has 4 nitrogen and oxygen atoms in total. The molecule has 1 aromatic carbocycles. The van der Waals surface area contributed by atoms with Crippen LogP contribution in [0.15, 0.2) is 36.7 Å². The first kappa shape index (κ1) is 12.7. The summed E-state index contributed by atoms with van der Waals surface area (Å²) >= 11 is 6.03. The summed E-state index contributed by atoms with van der Waals surface area (Å²) in [7, 11) is 0. The van der Waals surface area contributed by atoms with E-state index in [-0.39, 0.29) is 0 Å². The maximum atomic E-state index is 6.03. The second-order valence-corrected chi connectivity index (χ2v) is 5.87. The van der Waals surface area contributed by atoms with Crippen LogP contribution < -0.4 is 0 Å². The summed E-state index contributed by atoms with van der Waals surface area (Å²) in [4.78, 5) is 18.0. The normalized spacial score (nSPS) is 20.7. The zero-order valence-corrected chi connectivity index (χ0v) is 12.2. The molecule has 1 fully saturated rings. The molecule has 0 saturated heterocycles. The summed E-state index contributed by atoms with van der Waals surface area (Å²) < 4.78 is 0. The molecule has 0 radical (unpaired) electrons. The molecule has 0 aliphatic heterocycles. The van der Waals surface area contributed by atoms with E-state index in [0.717, 1.165) is 34.7 Å². The van der Waals surface area contributed by atoms with Gasteiger partial charge in [-0.3, -0.25) is 0 Å². The van der Waals surface area contributed by atoms with Crippen molar-refractivity contribution in [2.24, 2.45) is 0 Å². The Bertz CT molecular complexity index is 833. The van der Waals surface area contributed by atoms with E-state index in [9.17, 15) is 0 Å². The SMILES string of the molecule is Cc1ccnc([C@H]2C[C@@H]2c2ncc3ccc(Cl)cc3n2)n1. The molecule has 1 aliphatic carbocycles. The number of fused-ring (bicyclic) bond motifs is 1. The van der Waals surface area contributed by atoms with E-state index in [1.54, 1.807) is 0 Å². The molecule has 2 heterocycles. The molecule has 1 saturated carbocycles. The van der Waals surface area contributed by atoms with Gasteiger partial charge in [0.05, 0.1) is 5.52 Å². The molecular weight excluding hydrogens is 284 g/mol. The van der Waals surface area contributed by atoms with Crippen molar-refractivity contribution in [1.29, 1.82) is 0 Å². The first-order valence-electron chi connectivity index (χ1n) is 6.92. The lowest BCUT2D eigenvalue weighted by Gasteiger charge is -2.02. The summed E-state index contributed by atoms with van der Waals surface area (Å²) in [6.07, 6.45) is 4.68. The van der Waals surface area contributed by atoms with Crippen molar-refractivity contribution in [2.75, 3.05) is 0 Å². The molecule has 21 heavy (non-hydrogen) atoms. The molecule has 0 bridgehead atoms. The third-order valence-corrected chi connectivity index (χ3v) is 4.07. The molecule has 3 aromatic rings. The van der Waals surface area contributed by atoms with Crippen molar-refractivity contribution < 1.29 is 0 Å². The van der Waals surface area contributed by atoms with Gasteiger partial charge in [-0.2, -0.15) is 0 Å². The Morgan fingerprint density at radius 2 is 1.86 bits per heavy atom. The van der Waals surface area contributed by atoms with E-state index in [1.165, 1.54) is 0 Å². The van der Waals surface area contributed by atoms with Gasteiger partial charge >= 0.3 is 0 Å². The smallest absolute Gasteiger partial charge is 0.132 e. The Hall–Kier alpha value is -2.07. The van der Waals surface area contributed by atoms with Crippen LogP contribution in [-0.2, 0) is 0 Å². The fourth-order valence-corrected chi connectivity index (χ4v) is 2.77. The first-order chi connectivity index (χ1) is 10.2. The van der Waals surface area contributed by atoms with E-state index in [1.807, 2.05) is 43.6 Å². The zero-order chi connectivity index (χ0) is 14.4. The summed E-state index contributed by atoms with van der Waals surface area (Å²) in [5.41, 5.74) is 1.89. The molecule has 0 N–H and O–H groups in total. The number of aromatic nitrogens is 4. The number of hydrogen-bond acceptors (Lipinski definition) is 4. The highest BCUT2D eigenvalue weighted by molar-refractivity contribution is 6.31. The van der Waals surface area contributed by atoms with Crippen molar-refractivity contribution in [1.82, 2.24) is 19.9 Å². The minimum atomic E-state index is 0.315. The van der Waals surface area contributed by atoms with Crippen LogP contribution in [-0.4, -0.2) is 19.9 Å². The third kappa shape index (κ3) is 2.36. The van der Waals surface area contributed by atoms with Crippen molar-refractivity contribution in [3.05, 3.63) is 59.0 Å². The predicted molar refractivity (Wildman–Crippen MR) is 81.4 cm³/mol. The van der Waals surface area contributed by atoms with E-state index in [4.69, 9.17) is 11.6 Å². The van der Waals surface area contributed by atoms with Gasteiger partial charge in [-0.25, -0.2) is 19.9 Å². The van der Waals surface area contributed by atoms with Gasteiger partial charge in [0.25, 0.3) is 0 Å². The van der Waals surface area contributed by atoms with Crippen molar-refractivity contribution in [3.8, 4) is 0 Å². The van der Waals surface area contributed by atoms with Crippen molar-refractivity contribution >= 4 is 22.5 Å². The fraction of sp³-hybridized carbons (Fsp3) is 0.250. The van der Waals surface area contributed by atoms with Gasteiger partial charge in [-0.15, -0.1) is 0 Å². The molecule has 0 unspecified atom stereocenters. The quantitative estimate of drug-likeness (QED) is 0.724. The zero-order valence-electron chi connectivity index (χ0n) is 11.5. The largest absolute Gasteiger partial charge is 0.241 e. The standard InChI is InChI=1S/C16H13ClN4/c1-9-4-5-18-15(20-9)12-7-13(12)16-19-8-10-2-3-11(17)6-14(10)21-16/h2-6,8,12-13H,7H2,1H3/t12-,13-/m0/s1. The van der Waals surface area contributed by atoms with Crippen molar-refractivity contribution in [2.45, 2.75) is 25.2 Å². The van der Waals surface area contributed by atoms with E-state index in [0.29, 0.717) is 16.9 Å². The Balaban J connectivity index is 1.66. The van der Waals surface area contributed by atoms with Gasteiger partial charge in [0.1, 0.15) is 11.6 Å². The second-order valence-electron chi connectivity index (χ2n) is 5.44. The summed E-state index contributed by atoms with van der Waals surface area (Å²) in [6.45, 7) is 1.98. The predicted octanol–water partition coefficient (Wildman–Crippen LogP) is 3.65. The molecule has 5 heteroatoms. The van der Waals surface area contributed by atoms with Gasteiger partial charge in [-0.05, 0) is 37.6 Å². The van der Waals surface area contributed by atoms with E-state index in [2.05, 4.69) is 19.9 Å². The van der Waals surface area contributed by atoms with Crippen LogP contribution in [0.3, 0.4) is 0 Å². The van der Waals surface area contributed by atoms with Crippen LogP contribution in [0.1, 0.15) is 35.6 Å². The topological polar surface area (TPSA) is 51.6 Å². The summed E-state index contributed by atoms with van der Waals surface area (Å²) in [5.74, 6) is 2.41. The minimum absolute atomic E-state index is 0.315. The lowest BCUT2D eigenvalue weighted by Crippen LogP contribution is -1.98. The van der Waals surface area contributed by atoms with Gasteiger partial charge in [-0.1, -0.05) is 11.6 Å². The van der Waals surface area contributed by atoms with E-state index < -0.39 is 0 Å². The Morgan fingerprint density at radius 3 is 2.67 bits per heavy atom. The average Bonchev–Trinajstić information content (AvgIpc) is 3.27. The highest BCUT2D eigenvalue weighted by Crippen LogP contribution is 2.52. The Morgan fingerprint density at radius 1 is 1.05 bits per heavy atom. The van der Waals surface area contributed by atoms with Crippen LogP contribution >= 0.6 is 11.6 Å². The first-order valence-corrected chi connectivity index (χ1v) is 7.30. The van der Waals surface area contributed by atoms with E-state index >= 15 is 0 Å². The number of rotatable bonds is 2. The third-order valence-electron chi connectivity index (χ3n) is 3.83. The number of nitrogens with zero attached hydrogens (tertiary/aromatic N) is 4. The van der Waals surface area contributed by atoms with Crippen LogP contribution in [0.4, 0.5) is 0 Å². The number of halogens is 1. The lowest BCUT2D eigenvalue weighted by atomic mass is 10.2. The van der Waals surface area contributed by atoms with Gasteiger partial charge in [0.15, 0.2) is 0 Å².